The largest absolute Gasteiger partial charge is 0.381 e. The smallest absolute Gasteiger partial charge is 0.190 e. The Morgan fingerprint density at radius 3 is 2.67 bits per heavy atom. The van der Waals surface area contributed by atoms with Gasteiger partial charge in [0.2, 0.25) is 0 Å². The summed E-state index contributed by atoms with van der Waals surface area (Å²) in [7, 11) is 1.83. The highest BCUT2D eigenvalue weighted by Gasteiger charge is 2.37. The van der Waals surface area contributed by atoms with Crippen LogP contribution in [-0.2, 0) is 4.74 Å². The summed E-state index contributed by atoms with van der Waals surface area (Å²) in [4.78, 5) is 4.29. The molecular formula is C19H32IN3O. The molecule has 0 amide bonds. The fraction of sp³-hybridized carbons (Fsp3) is 0.632. The molecule has 2 rings (SSSR count). The van der Waals surface area contributed by atoms with Crippen molar-refractivity contribution in [3.8, 4) is 0 Å². The second-order valence-corrected chi connectivity index (χ2v) is 6.72. The van der Waals surface area contributed by atoms with Gasteiger partial charge in [-0.3, -0.25) is 4.99 Å². The Kier molecular flexibility index (Phi) is 10.3. The maximum atomic E-state index is 5.58. The molecule has 2 unspecified atom stereocenters. The molecule has 0 heterocycles. The van der Waals surface area contributed by atoms with E-state index in [2.05, 4.69) is 59.8 Å². The fourth-order valence-corrected chi connectivity index (χ4v) is 2.73. The second-order valence-electron chi connectivity index (χ2n) is 6.72. The van der Waals surface area contributed by atoms with E-state index in [1.165, 1.54) is 12.0 Å². The minimum absolute atomic E-state index is 0. The zero-order valence-corrected chi connectivity index (χ0v) is 17.5. The molecule has 2 atom stereocenters. The van der Waals surface area contributed by atoms with E-state index in [1.54, 1.807) is 0 Å². The van der Waals surface area contributed by atoms with Crippen molar-refractivity contribution in [2.24, 2.45) is 16.8 Å². The minimum atomic E-state index is 0. The zero-order valence-electron chi connectivity index (χ0n) is 15.1. The van der Waals surface area contributed by atoms with Gasteiger partial charge in [-0.2, -0.15) is 0 Å². The fourth-order valence-electron chi connectivity index (χ4n) is 2.73. The van der Waals surface area contributed by atoms with Crippen molar-refractivity contribution in [3.05, 3.63) is 35.9 Å². The first kappa shape index (κ1) is 21.2. The first-order valence-corrected chi connectivity index (χ1v) is 8.78. The lowest BCUT2D eigenvalue weighted by Crippen LogP contribution is -2.39. The molecule has 0 saturated heterocycles. The maximum Gasteiger partial charge on any atom is 0.190 e. The molecule has 2 N–H and O–H groups in total. The predicted octanol–water partition coefficient (Wildman–Crippen LogP) is 3.64. The van der Waals surface area contributed by atoms with Gasteiger partial charge in [-0.1, -0.05) is 44.2 Å². The van der Waals surface area contributed by atoms with Gasteiger partial charge < -0.3 is 15.4 Å². The van der Waals surface area contributed by atoms with Crippen LogP contribution in [0.1, 0.15) is 38.2 Å². The molecule has 0 aliphatic heterocycles. The molecule has 1 saturated carbocycles. The van der Waals surface area contributed by atoms with Gasteiger partial charge in [0.05, 0.1) is 0 Å². The first-order chi connectivity index (χ1) is 11.2. The minimum Gasteiger partial charge on any atom is -0.381 e. The van der Waals surface area contributed by atoms with Crippen LogP contribution in [0.3, 0.4) is 0 Å². The van der Waals surface area contributed by atoms with Gasteiger partial charge in [-0.05, 0) is 36.2 Å². The molecule has 0 aromatic heterocycles. The highest BCUT2D eigenvalue weighted by atomic mass is 127. The van der Waals surface area contributed by atoms with Crippen molar-refractivity contribution < 1.29 is 4.74 Å². The number of nitrogens with zero attached hydrogens (tertiary/aromatic N) is 1. The molecule has 1 aliphatic rings. The van der Waals surface area contributed by atoms with E-state index < -0.39 is 0 Å². The van der Waals surface area contributed by atoms with Gasteiger partial charge in [-0.25, -0.2) is 0 Å². The maximum absolute atomic E-state index is 5.58. The van der Waals surface area contributed by atoms with Gasteiger partial charge in [-0.15, -0.1) is 24.0 Å². The number of aliphatic imine (C=N–C) groups is 1. The van der Waals surface area contributed by atoms with Gasteiger partial charge >= 0.3 is 0 Å². The monoisotopic (exact) mass is 445 g/mol. The Hall–Kier alpha value is -0.820. The van der Waals surface area contributed by atoms with Crippen molar-refractivity contribution in [2.75, 3.05) is 33.4 Å². The average Bonchev–Trinajstić information content (AvgIpc) is 3.33. The van der Waals surface area contributed by atoms with E-state index in [0.29, 0.717) is 11.8 Å². The Labute approximate surface area is 163 Å². The molecule has 1 aromatic carbocycles. The summed E-state index contributed by atoms with van der Waals surface area (Å²) in [5.74, 6) is 2.94. The van der Waals surface area contributed by atoms with Crippen LogP contribution in [0.15, 0.2) is 35.3 Å². The Bertz CT molecular complexity index is 479. The summed E-state index contributed by atoms with van der Waals surface area (Å²) in [6.45, 7) is 7.87. The molecule has 0 spiro atoms. The molecular weight excluding hydrogens is 413 g/mol. The van der Waals surface area contributed by atoms with Crippen molar-refractivity contribution in [3.63, 3.8) is 0 Å². The molecule has 1 aromatic rings. The second kappa shape index (κ2) is 11.7. The number of ether oxygens (including phenoxy) is 1. The third-order valence-corrected chi connectivity index (χ3v) is 4.11. The quantitative estimate of drug-likeness (QED) is 0.264. The number of benzene rings is 1. The SMILES string of the molecule is CN=C(NCCCOCC(C)C)NCC1CC1c1ccccc1.I. The molecule has 4 nitrogen and oxygen atoms in total. The number of hydrogen-bond donors (Lipinski definition) is 2. The van der Waals surface area contributed by atoms with Crippen LogP contribution in [0.4, 0.5) is 0 Å². The van der Waals surface area contributed by atoms with Crippen molar-refractivity contribution in [1.82, 2.24) is 10.6 Å². The predicted molar refractivity (Wildman–Crippen MR) is 112 cm³/mol. The van der Waals surface area contributed by atoms with Crippen LogP contribution in [0.5, 0.6) is 0 Å². The summed E-state index contributed by atoms with van der Waals surface area (Å²) in [5, 5.41) is 6.79. The first-order valence-electron chi connectivity index (χ1n) is 8.78. The average molecular weight is 445 g/mol. The molecule has 1 fully saturated rings. The highest BCUT2D eigenvalue weighted by molar-refractivity contribution is 14.0. The van der Waals surface area contributed by atoms with Gasteiger partial charge in [0.1, 0.15) is 0 Å². The summed E-state index contributed by atoms with van der Waals surface area (Å²) >= 11 is 0. The topological polar surface area (TPSA) is 45.7 Å². The lowest BCUT2D eigenvalue weighted by Gasteiger charge is -2.12. The molecule has 5 heteroatoms. The summed E-state index contributed by atoms with van der Waals surface area (Å²) in [5.41, 5.74) is 1.46. The number of halogens is 1. The van der Waals surface area contributed by atoms with Crippen LogP contribution in [0, 0.1) is 11.8 Å². The zero-order chi connectivity index (χ0) is 16.5. The van der Waals surface area contributed by atoms with E-state index in [-0.39, 0.29) is 24.0 Å². The van der Waals surface area contributed by atoms with Crippen molar-refractivity contribution in [2.45, 2.75) is 32.6 Å². The lowest BCUT2D eigenvalue weighted by molar-refractivity contribution is 0.108. The summed E-state index contributed by atoms with van der Waals surface area (Å²) in [6, 6.07) is 10.8. The molecule has 24 heavy (non-hydrogen) atoms. The molecule has 136 valence electrons. The van der Waals surface area contributed by atoms with Crippen LogP contribution in [0.25, 0.3) is 0 Å². The van der Waals surface area contributed by atoms with Crippen LogP contribution >= 0.6 is 24.0 Å². The molecule has 0 bridgehead atoms. The molecule has 0 radical (unpaired) electrons. The lowest BCUT2D eigenvalue weighted by atomic mass is 10.1. The van der Waals surface area contributed by atoms with E-state index in [9.17, 15) is 0 Å². The normalized spacial score (nSPS) is 19.8. The highest BCUT2D eigenvalue weighted by Crippen LogP contribution is 2.46. The number of rotatable bonds is 9. The molecule has 1 aliphatic carbocycles. The van der Waals surface area contributed by atoms with E-state index in [1.807, 2.05) is 7.05 Å². The Balaban J connectivity index is 0.00000288. The van der Waals surface area contributed by atoms with Gasteiger partial charge in [0, 0.05) is 33.4 Å². The van der Waals surface area contributed by atoms with E-state index in [4.69, 9.17) is 4.74 Å². The summed E-state index contributed by atoms with van der Waals surface area (Å²) in [6.07, 6.45) is 2.28. The van der Waals surface area contributed by atoms with Gasteiger partial charge in [0.25, 0.3) is 0 Å². The third kappa shape index (κ3) is 7.83. The van der Waals surface area contributed by atoms with Crippen molar-refractivity contribution >= 4 is 29.9 Å². The Morgan fingerprint density at radius 2 is 2.00 bits per heavy atom. The summed E-state index contributed by atoms with van der Waals surface area (Å²) < 4.78 is 5.58. The van der Waals surface area contributed by atoms with Crippen LogP contribution in [-0.4, -0.2) is 39.3 Å². The van der Waals surface area contributed by atoms with Gasteiger partial charge in [0.15, 0.2) is 5.96 Å². The van der Waals surface area contributed by atoms with E-state index in [0.717, 1.165) is 44.6 Å². The number of hydrogen-bond acceptors (Lipinski definition) is 2. The number of guanidine groups is 1. The van der Waals surface area contributed by atoms with E-state index >= 15 is 0 Å². The Morgan fingerprint density at radius 1 is 1.25 bits per heavy atom. The standard InChI is InChI=1S/C19H31N3O.HI/c1-15(2)14-23-11-7-10-21-19(20-3)22-13-17-12-18(17)16-8-5-4-6-9-16;/h4-6,8-9,15,17-18H,7,10-14H2,1-3H3,(H2,20,21,22);1H. The number of nitrogens with one attached hydrogen (secondary N) is 2. The van der Waals surface area contributed by atoms with Crippen molar-refractivity contribution in [1.29, 1.82) is 0 Å². The van der Waals surface area contributed by atoms with Crippen LogP contribution in [0.2, 0.25) is 0 Å². The van der Waals surface area contributed by atoms with Crippen LogP contribution < -0.4 is 10.6 Å². The third-order valence-electron chi connectivity index (χ3n) is 4.11.